The summed E-state index contributed by atoms with van der Waals surface area (Å²) in [5.74, 6) is 0. The van der Waals surface area contributed by atoms with Crippen LogP contribution in [0.15, 0.2) is 12.8 Å². The molecule has 0 heterocycles. The van der Waals surface area contributed by atoms with E-state index < -0.39 is 0 Å². The van der Waals surface area contributed by atoms with Gasteiger partial charge in [-0.3, -0.25) is 0 Å². The number of alkyl halides is 2. The van der Waals surface area contributed by atoms with Crippen LogP contribution in [-0.4, -0.2) is 20.9 Å². The maximum absolute atomic E-state index is 3.69. The second kappa shape index (κ2) is 5.41. The first-order valence-electron chi connectivity index (χ1n) is 2.65. The van der Waals surface area contributed by atoms with Gasteiger partial charge in [-0.05, 0) is 0 Å². The van der Waals surface area contributed by atoms with E-state index in [1.54, 1.807) is 0 Å². The Morgan fingerprint density at radius 1 is 1.75 bits per heavy atom. The first-order valence-corrected chi connectivity index (χ1v) is 6.33. The summed E-state index contributed by atoms with van der Waals surface area (Å²) in [6.45, 7) is 6.96. The van der Waals surface area contributed by atoms with Gasteiger partial charge in [0.15, 0.2) is 0 Å². The summed E-state index contributed by atoms with van der Waals surface area (Å²) in [6, 6.07) is 0. The van der Waals surface area contributed by atoms with Crippen molar-refractivity contribution in [2.75, 3.05) is 16.0 Å². The molecular weight excluding hydrogens is 213 g/mol. The Balaban J connectivity index is 3.21. The van der Waals surface area contributed by atoms with Crippen molar-refractivity contribution in [3.63, 3.8) is 0 Å². The molecule has 0 rings (SSSR count). The van der Waals surface area contributed by atoms with E-state index in [4.69, 9.17) is 0 Å². The zero-order valence-electron chi connectivity index (χ0n) is 5.52. The van der Waals surface area contributed by atoms with Crippen LogP contribution in [0.5, 0.6) is 0 Å². The molecule has 0 aromatic carbocycles. The van der Waals surface area contributed by atoms with Gasteiger partial charge in [-0.1, -0.05) is 0 Å². The van der Waals surface area contributed by atoms with Crippen LogP contribution < -0.4 is 21.2 Å². The molecule has 0 spiro atoms. The van der Waals surface area contributed by atoms with Gasteiger partial charge >= 0.3 is 61.8 Å². The quantitative estimate of drug-likeness (QED) is 0.308. The molecule has 0 N–H and O–H groups in total. The van der Waals surface area contributed by atoms with E-state index in [2.05, 4.69) is 23.3 Å². The Labute approximate surface area is 62.0 Å². The first kappa shape index (κ1) is 8.27. The molecule has 0 aliphatic carbocycles. The predicted octanol–water partition coefficient (Wildman–Crippen LogP) is -1.87. The molecule has 50 valence electrons. The fourth-order valence-corrected chi connectivity index (χ4v) is 2.05. The van der Waals surface area contributed by atoms with E-state index in [-0.39, 0.29) is 0 Å². The minimum atomic E-state index is 0.409. The summed E-state index contributed by atoms with van der Waals surface area (Å²) in [4.78, 5) is 4.53. The van der Waals surface area contributed by atoms with Crippen molar-refractivity contribution in [2.45, 2.75) is 6.92 Å². The standard InChI is InChI=1S/C6H13IN/c1-4-8(5-2)6-7-3/h4H,1,5-6H2,2-3H3/q-1. The van der Waals surface area contributed by atoms with E-state index in [0.29, 0.717) is 21.2 Å². The van der Waals surface area contributed by atoms with E-state index in [0.717, 1.165) is 6.54 Å². The van der Waals surface area contributed by atoms with Gasteiger partial charge in [0.1, 0.15) is 0 Å². The Kier molecular flexibility index (Phi) is 5.59. The van der Waals surface area contributed by atoms with Gasteiger partial charge in [-0.15, -0.1) is 0 Å². The number of nitrogens with zero attached hydrogens (tertiary/aromatic N) is 1. The predicted molar refractivity (Wildman–Crippen MR) is 33.4 cm³/mol. The molecule has 0 aromatic rings. The van der Waals surface area contributed by atoms with Crippen molar-refractivity contribution in [3.05, 3.63) is 12.8 Å². The van der Waals surface area contributed by atoms with Crippen molar-refractivity contribution >= 4 is 0 Å². The SMILES string of the molecule is C=CN(CC)C[I-]C. The Hall–Kier alpha value is 0.270. The zero-order valence-corrected chi connectivity index (χ0v) is 7.68. The third-order valence-corrected chi connectivity index (χ3v) is 2.50. The van der Waals surface area contributed by atoms with Gasteiger partial charge in [-0.25, -0.2) is 0 Å². The Bertz CT molecular complexity index is 63.5. The van der Waals surface area contributed by atoms with Gasteiger partial charge in [0.05, 0.1) is 0 Å². The van der Waals surface area contributed by atoms with Gasteiger partial charge in [0.25, 0.3) is 0 Å². The number of halogens is 1. The summed E-state index contributed by atoms with van der Waals surface area (Å²) < 4.78 is 1.25. The molecule has 0 aliphatic rings. The molecule has 0 atom stereocenters. The molecule has 8 heavy (non-hydrogen) atoms. The summed E-state index contributed by atoms with van der Waals surface area (Å²) in [7, 11) is 0. The molecule has 0 saturated carbocycles. The Morgan fingerprint density at radius 3 is 2.50 bits per heavy atom. The van der Waals surface area contributed by atoms with E-state index >= 15 is 0 Å². The van der Waals surface area contributed by atoms with Crippen LogP contribution in [0.3, 0.4) is 0 Å². The average molecular weight is 226 g/mol. The number of hydrogen-bond acceptors (Lipinski definition) is 1. The molecule has 1 nitrogen and oxygen atoms in total. The second-order valence-electron chi connectivity index (χ2n) is 1.47. The molecule has 0 fully saturated rings. The van der Waals surface area contributed by atoms with Crippen molar-refractivity contribution in [2.24, 2.45) is 0 Å². The van der Waals surface area contributed by atoms with Crippen LogP contribution >= 0.6 is 0 Å². The van der Waals surface area contributed by atoms with Crippen molar-refractivity contribution < 1.29 is 21.2 Å². The summed E-state index contributed by atoms with van der Waals surface area (Å²) in [5, 5.41) is 0. The molecule has 0 bridgehead atoms. The second-order valence-corrected chi connectivity index (χ2v) is 3.68. The maximum atomic E-state index is 3.69. The van der Waals surface area contributed by atoms with E-state index in [1.165, 1.54) is 4.55 Å². The summed E-state index contributed by atoms with van der Waals surface area (Å²) in [6.07, 6.45) is 1.92. The van der Waals surface area contributed by atoms with Crippen molar-refractivity contribution in [3.8, 4) is 0 Å². The fraction of sp³-hybridized carbons (Fsp3) is 0.667. The molecule has 0 radical (unpaired) electrons. The normalized spacial score (nSPS) is 9.25. The van der Waals surface area contributed by atoms with E-state index in [9.17, 15) is 0 Å². The monoisotopic (exact) mass is 226 g/mol. The van der Waals surface area contributed by atoms with Gasteiger partial charge < -0.3 is 0 Å². The van der Waals surface area contributed by atoms with Crippen LogP contribution in [0, 0.1) is 0 Å². The topological polar surface area (TPSA) is 3.24 Å². The fourth-order valence-electron chi connectivity index (χ4n) is 0.416. The minimum absolute atomic E-state index is 0.409. The number of hydrogen-bond donors (Lipinski definition) is 0. The van der Waals surface area contributed by atoms with Crippen LogP contribution in [-0.2, 0) is 0 Å². The molecule has 0 unspecified atom stereocenters. The summed E-state index contributed by atoms with van der Waals surface area (Å²) in [5.41, 5.74) is 0. The van der Waals surface area contributed by atoms with Crippen molar-refractivity contribution in [1.29, 1.82) is 0 Å². The molecule has 2 heteroatoms. The van der Waals surface area contributed by atoms with Crippen LogP contribution in [0.2, 0.25) is 0 Å². The van der Waals surface area contributed by atoms with Crippen molar-refractivity contribution in [1.82, 2.24) is 4.90 Å². The molecular formula is C6H13IN-. The zero-order chi connectivity index (χ0) is 6.41. The number of rotatable bonds is 4. The third-order valence-electron chi connectivity index (χ3n) is 0.937. The average Bonchev–Trinajstić information content (AvgIpc) is 1.83. The first-order chi connectivity index (χ1) is 3.85. The molecule has 0 aliphatic heterocycles. The van der Waals surface area contributed by atoms with Crippen LogP contribution in [0.1, 0.15) is 6.92 Å². The molecule has 0 aromatic heterocycles. The van der Waals surface area contributed by atoms with Gasteiger partial charge in [0.2, 0.25) is 0 Å². The van der Waals surface area contributed by atoms with Gasteiger partial charge in [-0.2, -0.15) is 0 Å². The Morgan fingerprint density at radius 2 is 2.38 bits per heavy atom. The molecule has 0 saturated heterocycles. The molecule has 0 amide bonds. The van der Waals surface area contributed by atoms with Crippen LogP contribution in [0.4, 0.5) is 0 Å². The van der Waals surface area contributed by atoms with E-state index in [1.807, 2.05) is 6.20 Å². The van der Waals surface area contributed by atoms with Gasteiger partial charge in [0, 0.05) is 0 Å². The summed E-state index contributed by atoms with van der Waals surface area (Å²) >= 11 is 0.409. The third kappa shape index (κ3) is 3.29. The van der Waals surface area contributed by atoms with Crippen LogP contribution in [0.25, 0.3) is 0 Å².